The van der Waals surface area contributed by atoms with Crippen LogP contribution in [0.3, 0.4) is 0 Å². The smallest absolute Gasteiger partial charge is 0.304 e. The van der Waals surface area contributed by atoms with Crippen molar-refractivity contribution in [1.82, 2.24) is 19.5 Å². The Bertz CT molecular complexity index is 1180. The average molecular weight is 450 g/mol. The molecule has 2 heterocycles. The molecule has 0 fully saturated rings. The molecule has 158 valence electrons. The number of aliphatic carboxylic acids is 1. The highest BCUT2D eigenvalue weighted by molar-refractivity contribution is 7.89. The fraction of sp³-hybridized carbons (Fsp3) is 0.222. The molecule has 12 heteroatoms. The number of carboxylic acid groups (broad SMARTS) is 1. The van der Waals surface area contributed by atoms with Crippen molar-refractivity contribution in [3.63, 3.8) is 0 Å². The van der Waals surface area contributed by atoms with Crippen LogP contribution < -0.4 is 10.1 Å². The maximum atomic E-state index is 12.3. The summed E-state index contributed by atoms with van der Waals surface area (Å²) in [7, 11) is -3.86. The lowest BCUT2D eigenvalue weighted by atomic mass is 10.1. The lowest BCUT2D eigenvalue weighted by molar-refractivity contribution is -0.136. The van der Waals surface area contributed by atoms with Crippen LogP contribution in [0.25, 0.3) is 4.96 Å². The number of sulfonamides is 1. The third-order valence-electron chi connectivity index (χ3n) is 4.03. The number of nitrogens with one attached hydrogen (secondary N) is 2. The number of carboxylic acids is 1. The van der Waals surface area contributed by atoms with E-state index in [4.69, 9.17) is 5.11 Å². The van der Waals surface area contributed by atoms with E-state index in [9.17, 15) is 18.0 Å². The van der Waals surface area contributed by atoms with Crippen molar-refractivity contribution in [2.45, 2.75) is 24.7 Å². The second-order valence-corrected chi connectivity index (χ2v) is 8.94. The number of carbonyl (C=O) groups excluding carboxylic acids is 1. The van der Waals surface area contributed by atoms with Gasteiger partial charge in [0.15, 0.2) is 4.96 Å². The number of carbonyl (C=O) groups is 2. The number of fused-ring (bicyclic) bond motifs is 1. The average Bonchev–Trinajstić information content (AvgIpc) is 3.27. The van der Waals surface area contributed by atoms with Gasteiger partial charge in [-0.3, -0.25) is 14.0 Å². The first-order valence-electron chi connectivity index (χ1n) is 8.81. The van der Waals surface area contributed by atoms with Crippen molar-refractivity contribution >= 4 is 43.9 Å². The monoisotopic (exact) mass is 449 g/mol. The molecule has 0 bridgehead atoms. The number of nitrogens with zero attached hydrogens (tertiary/aromatic N) is 3. The molecule has 30 heavy (non-hydrogen) atoms. The van der Waals surface area contributed by atoms with Crippen LogP contribution in [0.1, 0.15) is 24.6 Å². The third-order valence-corrected chi connectivity index (χ3v) is 6.26. The van der Waals surface area contributed by atoms with E-state index in [0.29, 0.717) is 17.0 Å². The minimum absolute atomic E-state index is 0.0238. The highest BCUT2D eigenvalue weighted by atomic mass is 32.2. The van der Waals surface area contributed by atoms with Gasteiger partial charge >= 0.3 is 5.97 Å². The van der Waals surface area contributed by atoms with Crippen molar-refractivity contribution in [3.8, 4) is 0 Å². The first kappa shape index (κ1) is 21.6. The molecule has 1 amide bonds. The summed E-state index contributed by atoms with van der Waals surface area (Å²) in [4.78, 5) is 27.8. The van der Waals surface area contributed by atoms with E-state index < -0.39 is 16.0 Å². The summed E-state index contributed by atoms with van der Waals surface area (Å²) in [6.07, 6.45) is 3.37. The Labute approximate surface area is 176 Å². The largest absolute Gasteiger partial charge is 0.481 e. The van der Waals surface area contributed by atoms with Crippen LogP contribution in [-0.4, -0.2) is 47.0 Å². The van der Waals surface area contributed by atoms with Gasteiger partial charge in [0.25, 0.3) is 0 Å². The van der Waals surface area contributed by atoms with Crippen molar-refractivity contribution < 1.29 is 23.1 Å². The molecule has 2 aromatic heterocycles. The molecule has 0 saturated heterocycles. The van der Waals surface area contributed by atoms with Gasteiger partial charge in [-0.25, -0.2) is 23.5 Å². The van der Waals surface area contributed by atoms with Gasteiger partial charge in [-0.15, -0.1) is 11.3 Å². The third kappa shape index (κ3) is 5.49. The number of benzene rings is 1. The van der Waals surface area contributed by atoms with Gasteiger partial charge in [-0.1, -0.05) is 12.1 Å². The van der Waals surface area contributed by atoms with Gasteiger partial charge in [0.05, 0.1) is 29.1 Å². The number of thiazole rings is 1. The second kappa shape index (κ2) is 9.15. The van der Waals surface area contributed by atoms with Gasteiger partial charge in [0.1, 0.15) is 0 Å². The summed E-state index contributed by atoms with van der Waals surface area (Å²) in [6.45, 7) is 1.42. The molecule has 0 aliphatic rings. The minimum Gasteiger partial charge on any atom is -0.481 e. The van der Waals surface area contributed by atoms with Crippen molar-refractivity contribution in [1.29, 1.82) is 0 Å². The fourth-order valence-electron chi connectivity index (χ4n) is 2.54. The van der Waals surface area contributed by atoms with Crippen molar-refractivity contribution in [3.05, 3.63) is 53.3 Å². The van der Waals surface area contributed by atoms with Gasteiger partial charge < -0.3 is 5.11 Å². The molecule has 0 atom stereocenters. The zero-order chi connectivity index (χ0) is 21.7. The maximum Gasteiger partial charge on any atom is 0.304 e. The van der Waals surface area contributed by atoms with E-state index in [-0.39, 0.29) is 30.2 Å². The highest BCUT2D eigenvalue weighted by Gasteiger charge is 2.15. The van der Waals surface area contributed by atoms with E-state index in [1.807, 2.05) is 16.0 Å². The zero-order valence-corrected chi connectivity index (χ0v) is 17.5. The van der Waals surface area contributed by atoms with Gasteiger partial charge in [0.2, 0.25) is 15.9 Å². The maximum absolute atomic E-state index is 12.3. The van der Waals surface area contributed by atoms with Crippen molar-refractivity contribution in [2.24, 2.45) is 5.10 Å². The molecule has 0 saturated carbocycles. The normalized spacial score (nSPS) is 12.2. The number of hydrazone groups is 1. The molecule has 0 unspecified atom stereocenters. The molecule has 1 aromatic carbocycles. The topological polar surface area (TPSA) is 142 Å². The standard InChI is InChI=1S/C18H19N5O5S2/c1-12(21-22-16(24)10-14-11-23-7-8-29-18(23)20-14)13-3-2-4-15(9-13)30(27,28)19-6-5-17(25)26/h2-4,7-9,11,19H,5-6,10H2,1H3,(H,22,24)(H,25,26)/b21-12-. The van der Waals surface area contributed by atoms with E-state index >= 15 is 0 Å². The molecule has 0 aliphatic carbocycles. The van der Waals surface area contributed by atoms with Crippen LogP contribution >= 0.6 is 11.3 Å². The van der Waals surface area contributed by atoms with Gasteiger partial charge in [-0.2, -0.15) is 5.10 Å². The molecule has 0 aliphatic heterocycles. The lowest BCUT2D eigenvalue weighted by Gasteiger charge is -2.08. The SMILES string of the molecule is C/C(=N/NC(=O)Cc1cn2ccsc2n1)c1cccc(S(=O)(=O)NCCC(=O)O)c1. The molecule has 0 radical (unpaired) electrons. The van der Waals surface area contributed by atoms with Gasteiger partial charge in [0, 0.05) is 24.3 Å². The summed E-state index contributed by atoms with van der Waals surface area (Å²) >= 11 is 1.47. The molecule has 3 aromatic rings. The number of amides is 1. The molecular weight excluding hydrogens is 430 g/mol. The minimum atomic E-state index is -3.86. The Hall–Kier alpha value is -3.09. The summed E-state index contributed by atoms with van der Waals surface area (Å²) < 4.78 is 28.6. The van der Waals surface area contributed by atoms with Crippen LogP contribution in [-0.2, 0) is 26.0 Å². The number of imidazole rings is 1. The Kier molecular flexibility index (Phi) is 6.59. The van der Waals surface area contributed by atoms with Crippen LogP contribution in [0, 0.1) is 0 Å². The highest BCUT2D eigenvalue weighted by Crippen LogP contribution is 2.13. The van der Waals surface area contributed by atoms with Crippen molar-refractivity contribution in [2.75, 3.05) is 6.54 Å². The molecule has 3 N–H and O–H groups in total. The van der Waals surface area contributed by atoms with Crippen LogP contribution in [0.2, 0.25) is 0 Å². The predicted octanol–water partition coefficient (Wildman–Crippen LogP) is 1.23. The quantitative estimate of drug-likeness (QED) is 0.331. The Morgan fingerprint density at radius 3 is 2.87 bits per heavy atom. The van der Waals surface area contributed by atoms with Gasteiger partial charge in [-0.05, 0) is 24.6 Å². The lowest BCUT2D eigenvalue weighted by Crippen LogP contribution is -2.26. The van der Waals surface area contributed by atoms with E-state index in [2.05, 4.69) is 20.2 Å². The molecule has 10 nitrogen and oxygen atoms in total. The Balaban J connectivity index is 1.63. The predicted molar refractivity (Wildman–Crippen MR) is 111 cm³/mol. The number of hydrogen-bond acceptors (Lipinski definition) is 7. The van der Waals surface area contributed by atoms with Crippen LogP contribution in [0.4, 0.5) is 0 Å². The van der Waals surface area contributed by atoms with E-state index in [1.54, 1.807) is 25.3 Å². The summed E-state index contributed by atoms with van der Waals surface area (Å²) in [6, 6.07) is 5.99. The Morgan fingerprint density at radius 2 is 2.13 bits per heavy atom. The molecule has 0 spiro atoms. The fourth-order valence-corrected chi connectivity index (χ4v) is 4.34. The zero-order valence-electron chi connectivity index (χ0n) is 15.9. The van der Waals surface area contributed by atoms with Crippen LogP contribution in [0.15, 0.2) is 52.0 Å². The number of aromatic nitrogens is 2. The van der Waals surface area contributed by atoms with E-state index in [0.717, 1.165) is 4.96 Å². The van der Waals surface area contributed by atoms with Crippen LogP contribution in [0.5, 0.6) is 0 Å². The Morgan fingerprint density at radius 1 is 1.33 bits per heavy atom. The molecule has 3 rings (SSSR count). The summed E-state index contributed by atoms with van der Waals surface area (Å²) in [5, 5.41) is 14.6. The summed E-state index contributed by atoms with van der Waals surface area (Å²) in [5.74, 6) is -1.44. The second-order valence-electron chi connectivity index (χ2n) is 6.30. The number of rotatable bonds is 9. The summed E-state index contributed by atoms with van der Waals surface area (Å²) in [5.41, 5.74) is 3.97. The first-order chi connectivity index (χ1) is 14.2. The number of hydrogen-bond donors (Lipinski definition) is 3. The molecular formula is C18H19N5O5S2. The van der Waals surface area contributed by atoms with E-state index in [1.165, 1.54) is 23.5 Å². The first-order valence-corrected chi connectivity index (χ1v) is 11.2.